The normalized spacial score (nSPS) is 12.9. The first kappa shape index (κ1) is 15.7. The second-order valence-corrected chi connectivity index (χ2v) is 5.03. The zero-order chi connectivity index (χ0) is 14.1. The fourth-order valence-corrected chi connectivity index (χ4v) is 2.29. The molecule has 0 amide bonds. The van der Waals surface area contributed by atoms with Crippen LogP contribution < -0.4 is 0 Å². The average molecular weight is 260 g/mol. The Morgan fingerprint density at radius 1 is 1.11 bits per heavy atom. The Bertz CT molecular complexity index is 374. The molecule has 0 aliphatic heterocycles. The van der Waals surface area contributed by atoms with Crippen molar-refractivity contribution in [2.75, 3.05) is 0 Å². The predicted molar refractivity (Wildman–Crippen MR) is 79.8 cm³/mol. The van der Waals surface area contributed by atoms with Gasteiger partial charge >= 0.3 is 0 Å². The van der Waals surface area contributed by atoms with Crippen LogP contribution in [-0.4, -0.2) is 15.8 Å². The molecule has 1 aromatic rings. The van der Waals surface area contributed by atoms with E-state index in [1.807, 2.05) is 30.3 Å². The van der Waals surface area contributed by atoms with Gasteiger partial charge in [0, 0.05) is 0 Å². The van der Waals surface area contributed by atoms with Crippen LogP contribution in [0.5, 0.6) is 0 Å². The third kappa shape index (κ3) is 5.41. The van der Waals surface area contributed by atoms with Gasteiger partial charge in [-0.1, -0.05) is 42.5 Å². The molecule has 0 spiro atoms. The minimum atomic E-state index is -0.764. The maximum atomic E-state index is 10.4. The summed E-state index contributed by atoms with van der Waals surface area (Å²) in [7, 11) is 0. The van der Waals surface area contributed by atoms with E-state index in [1.54, 1.807) is 12.2 Å². The molecule has 0 saturated heterocycles. The largest absolute Gasteiger partial charge is 0.389 e. The summed E-state index contributed by atoms with van der Waals surface area (Å²) in [6, 6.07) is 9.62. The Kier molecular flexibility index (Phi) is 6.54. The van der Waals surface area contributed by atoms with Gasteiger partial charge < -0.3 is 10.2 Å². The smallest absolute Gasteiger partial charge is 0.0790 e. The molecule has 0 aliphatic rings. The summed E-state index contributed by atoms with van der Waals surface area (Å²) in [5.74, 6) is 0. The lowest BCUT2D eigenvalue weighted by atomic mass is 9.88. The average Bonchev–Trinajstić information content (AvgIpc) is 2.40. The molecule has 1 atom stereocenters. The number of rotatable bonds is 9. The third-order valence-electron chi connectivity index (χ3n) is 3.35. The van der Waals surface area contributed by atoms with Crippen LogP contribution in [0.1, 0.15) is 43.8 Å². The van der Waals surface area contributed by atoms with E-state index in [4.69, 9.17) is 0 Å². The summed E-state index contributed by atoms with van der Waals surface area (Å²) in [5.41, 5.74) is 0.165. The maximum absolute atomic E-state index is 10.4. The van der Waals surface area contributed by atoms with Crippen LogP contribution in [0, 0.1) is 0 Å². The van der Waals surface area contributed by atoms with Gasteiger partial charge in [-0.3, -0.25) is 0 Å². The van der Waals surface area contributed by atoms with Gasteiger partial charge in [0.1, 0.15) is 0 Å². The molecule has 0 saturated carbocycles. The van der Waals surface area contributed by atoms with Crippen LogP contribution in [-0.2, 0) is 0 Å². The van der Waals surface area contributed by atoms with Crippen molar-refractivity contribution in [3.63, 3.8) is 0 Å². The van der Waals surface area contributed by atoms with E-state index in [0.717, 1.165) is 12.0 Å². The standard InChI is InChI=1S/C17H24O2/c1-3-12-17(19,13-4-2)14-8-11-16(18)15-9-6-5-7-10-15/h3-7,9-10,16,18-19H,1-2,8,11-14H2. The van der Waals surface area contributed by atoms with Crippen LogP contribution in [0.3, 0.4) is 0 Å². The fraction of sp³-hybridized carbons (Fsp3) is 0.412. The minimum absolute atomic E-state index is 0.460. The molecule has 0 radical (unpaired) electrons. The van der Waals surface area contributed by atoms with Crippen molar-refractivity contribution in [2.45, 2.75) is 43.8 Å². The summed E-state index contributed by atoms with van der Waals surface area (Å²) in [6.07, 6.45) is 6.19. The van der Waals surface area contributed by atoms with Crippen molar-refractivity contribution in [1.82, 2.24) is 0 Å². The Labute approximate surface area is 116 Å². The van der Waals surface area contributed by atoms with Gasteiger partial charge in [0.05, 0.1) is 11.7 Å². The monoisotopic (exact) mass is 260 g/mol. The van der Waals surface area contributed by atoms with Crippen LogP contribution >= 0.6 is 0 Å². The molecule has 2 N–H and O–H groups in total. The van der Waals surface area contributed by atoms with Crippen molar-refractivity contribution in [3.05, 3.63) is 61.2 Å². The highest BCUT2D eigenvalue weighted by atomic mass is 16.3. The quantitative estimate of drug-likeness (QED) is 0.663. The summed E-state index contributed by atoms with van der Waals surface area (Å²) in [4.78, 5) is 0. The van der Waals surface area contributed by atoms with Crippen molar-refractivity contribution in [3.8, 4) is 0 Å². The zero-order valence-electron chi connectivity index (χ0n) is 11.5. The fourth-order valence-electron chi connectivity index (χ4n) is 2.29. The molecule has 0 aromatic heterocycles. The predicted octanol–water partition coefficient (Wildman–Crippen LogP) is 3.77. The number of benzene rings is 1. The van der Waals surface area contributed by atoms with Crippen molar-refractivity contribution in [1.29, 1.82) is 0 Å². The first-order valence-electron chi connectivity index (χ1n) is 6.78. The minimum Gasteiger partial charge on any atom is -0.389 e. The van der Waals surface area contributed by atoms with Gasteiger partial charge in [0.15, 0.2) is 0 Å². The molecule has 0 bridgehead atoms. The van der Waals surface area contributed by atoms with E-state index in [0.29, 0.717) is 25.7 Å². The van der Waals surface area contributed by atoms with E-state index in [9.17, 15) is 10.2 Å². The van der Waals surface area contributed by atoms with Crippen LogP contribution in [0.2, 0.25) is 0 Å². The summed E-state index contributed by atoms with van der Waals surface area (Å²) >= 11 is 0. The molecule has 19 heavy (non-hydrogen) atoms. The van der Waals surface area contributed by atoms with Crippen molar-refractivity contribution in [2.24, 2.45) is 0 Å². The Morgan fingerprint density at radius 2 is 1.68 bits per heavy atom. The topological polar surface area (TPSA) is 40.5 Å². The summed E-state index contributed by atoms with van der Waals surface area (Å²) < 4.78 is 0. The molecule has 1 rings (SSSR count). The summed E-state index contributed by atoms with van der Waals surface area (Å²) in [5, 5.41) is 20.4. The molecule has 2 heteroatoms. The first-order chi connectivity index (χ1) is 9.11. The van der Waals surface area contributed by atoms with Gasteiger partial charge in [-0.05, 0) is 37.7 Å². The Balaban J connectivity index is 2.43. The van der Waals surface area contributed by atoms with Crippen molar-refractivity contribution >= 4 is 0 Å². The lowest BCUT2D eigenvalue weighted by Crippen LogP contribution is -2.27. The molecule has 0 aliphatic carbocycles. The molecular formula is C17H24O2. The summed E-state index contributed by atoms with van der Waals surface area (Å²) in [6.45, 7) is 7.35. The molecular weight excluding hydrogens is 236 g/mol. The first-order valence-corrected chi connectivity index (χ1v) is 6.78. The van der Waals surface area contributed by atoms with Crippen LogP contribution in [0.25, 0.3) is 0 Å². The molecule has 1 aromatic carbocycles. The number of aliphatic hydroxyl groups excluding tert-OH is 1. The lowest BCUT2D eigenvalue weighted by Gasteiger charge is -2.26. The van der Waals surface area contributed by atoms with Gasteiger partial charge in [0.25, 0.3) is 0 Å². The van der Waals surface area contributed by atoms with Gasteiger partial charge in [-0.2, -0.15) is 0 Å². The highest BCUT2D eigenvalue weighted by Gasteiger charge is 2.23. The SMILES string of the molecule is C=CCC(O)(CC=C)CCCC(O)c1ccccc1. The van der Waals surface area contributed by atoms with Gasteiger partial charge in [0.2, 0.25) is 0 Å². The van der Waals surface area contributed by atoms with E-state index in [1.165, 1.54) is 0 Å². The molecule has 2 nitrogen and oxygen atoms in total. The van der Waals surface area contributed by atoms with Gasteiger partial charge in [-0.25, -0.2) is 0 Å². The van der Waals surface area contributed by atoms with Crippen LogP contribution in [0.15, 0.2) is 55.6 Å². The van der Waals surface area contributed by atoms with Gasteiger partial charge in [-0.15, -0.1) is 13.2 Å². The van der Waals surface area contributed by atoms with E-state index in [-0.39, 0.29) is 0 Å². The molecule has 0 fully saturated rings. The second-order valence-electron chi connectivity index (χ2n) is 5.03. The third-order valence-corrected chi connectivity index (χ3v) is 3.35. The molecule has 1 unspecified atom stereocenters. The maximum Gasteiger partial charge on any atom is 0.0790 e. The molecule has 0 heterocycles. The second kappa shape index (κ2) is 7.93. The van der Waals surface area contributed by atoms with E-state index < -0.39 is 11.7 Å². The Hall–Kier alpha value is -1.38. The van der Waals surface area contributed by atoms with Crippen molar-refractivity contribution < 1.29 is 10.2 Å². The van der Waals surface area contributed by atoms with E-state index >= 15 is 0 Å². The lowest BCUT2D eigenvalue weighted by molar-refractivity contribution is 0.0307. The highest BCUT2D eigenvalue weighted by Crippen LogP contribution is 2.26. The zero-order valence-corrected chi connectivity index (χ0v) is 11.5. The Morgan fingerprint density at radius 3 is 2.21 bits per heavy atom. The van der Waals surface area contributed by atoms with Crippen LogP contribution in [0.4, 0.5) is 0 Å². The number of hydrogen-bond donors (Lipinski definition) is 2. The molecule has 104 valence electrons. The number of hydrogen-bond acceptors (Lipinski definition) is 2. The van der Waals surface area contributed by atoms with E-state index in [2.05, 4.69) is 13.2 Å². The highest BCUT2D eigenvalue weighted by molar-refractivity contribution is 5.17. The number of aliphatic hydroxyl groups is 2.